The lowest BCUT2D eigenvalue weighted by molar-refractivity contribution is -0.108. The Balaban J connectivity index is 3.03. The summed E-state index contributed by atoms with van der Waals surface area (Å²) in [5, 5.41) is 9.08. The summed E-state index contributed by atoms with van der Waals surface area (Å²) in [5.74, 6) is -0.705. The summed E-state index contributed by atoms with van der Waals surface area (Å²) < 4.78 is 0. The van der Waals surface area contributed by atoms with Gasteiger partial charge in [-0.15, -0.1) is 0 Å². The SMILES string of the molecule is N#C[C@@H](C=O)c1cccc(Cl)c1. The van der Waals surface area contributed by atoms with Crippen molar-refractivity contribution in [1.29, 1.82) is 5.26 Å². The second-order valence-electron chi connectivity index (χ2n) is 2.30. The first-order chi connectivity index (χ1) is 5.77. The molecule has 0 radical (unpaired) electrons. The summed E-state index contributed by atoms with van der Waals surface area (Å²) in [7, 11) is 0. The molecule has 0 N–H and O–H groups in total. The highest BCUT2D eigenvalue weighted by Crippen LogP contribution is 2.17. The lowest BCUT2D eigenvalue weighted by Crippen LogP contribution is -1.95. The molecule has 1 rings (SSSR count). The van der Waals surface area contributed by atoms with Gasteiger partial charge in [-0.2, -0.15) is 5.26 Å². The van der Waals surface area contributed by atoms with Crippen molar-refractivity contribution >= 4 is 17.9 Å². The van der Waals surface area contributed by atoms with Crippen molar-refractivity contribution in [2.45, 2.75) is 5.92 Å². The van der Waals surface area contributed by atoms with E-state index in [1.54, 1.807) is 24.3 Å². The zero-order valence-electron chi connectivity index (χ0n) is 6.20. The van der Waals surface area contributed by atoms with E-state index in [1.807, 2.05) is 6.07 Å². The maximum Gasteiger partial charge on any atom is 0.141 e. The summed E-state index contributed by atoms with van der Waals surface area (Å²) in [5.41, 5.74) is 0.639. The first-order valence-electron chi connectivity index (χ1n) is 3.38. The number of nitriles is 1. The second-order valence-corrected chi connectivity index (χ2v) is 2.73. The molecule has 0 unspecified atom stereocenters. The molecule has 0 spiro atoms. The average molecular weight is 180 g/mol. The van der Waals surface area contributed by atoms with Gasteiger partial charge < -0.3 is 4.79 Å². The molecule has 0 bridgehead atoms. The standard InChI is InChI=1S/C9H6ClNO/c10-9-3-1-2-7(4-9)8(5-11)6-12/h1-4,6,8H/t8-/m0/s1. The van der Waals surface area contributed by atoms with E-state index in [0.717, 1.165) is 0 Å². The number of benzene rings is 1. The van der Waals surface area contributed by atoms with Crippen LogP contribution in [0.3, 0.4) is 0 Å². The Morgan fingerprint density at radius 1 is 1.58 bits per heavy atom. The van der Waals surface area contributed by atoms with Crippen LogP contribution in [-0.2, 0) is 4.79 Å². The molecule has 0 aliphatic carbocycles. The van der Waals surface area contributed by atoms with Crippen molar-refractivity contribution < 1.29 is 4.79 Å². The van der Waals surface area contributed by atoms with Crippen LogP contribution in [0.1, 0.15) is 11.5 Å². The highest BCUT2D eigenvalue weighted by molar-refractivity contribution is 6.30. The van der Waals surface area contributed by atoms with E-state index < -0.39 is 5.92 Å². The Bertz CT molecular complexity index is 330. The van der Waals surface area contributed by atoms with Gasteiger partial charge in [-0.25, -0.2) is 0 Å². The summed E-state index contributed by atoms with van der Waals surface area (Å²) in [4.78, 5) is 10.4. The van der Waals surface area contributed by atoms with Crippen molar-refractivity contribution in [3.05, 3.63) is 34.9 Å². The van der Waals surface area contributed by atoms with E-state index in [2.05, 4.69) is 0 Å². The van der Waals surface area contributed by atoms with Crippen molar-refractivity contribution in [3.63, 3.8) is 0 Å². The topological polar surface area (TPSA) is 40.9 Å². The number of carbonyl (C=O) groups is 1. The van der Waals surface area contributed by atoms with Crippen LogP contribution in [0.15, 0.2) is 24.3 Å². The van der Waals surface area contributed by atoms with Crippen LogP contribution < -0.4 is 0 Å². The number of halogens is 1. The van der Waals surface area contributed by atoms with Crippen LogP contribution in [0.25, 0.3) is 0 Å². The predicted octanol–water partition coefficient (Wildman–Crippen LogP) is 2.15. The number of hydrogen-bond acceptors (Lipinski definition) is 2. The fourth-order valence-electron chi connectivity index (χ4n) is 0.884. The monoisotopic (exact) mass is 179 g/mol. The van der Waals surface area contributed by atoms with Gasteiger partial charge in [0.2, 0.25) is 0 Å². The molecule has 1 atom stereocenters. The minimum atomic E-state index is -0.705. The number of carbonyl (C=O) groups excluding carboxylic acids is 1. The normalized spacial score (nSPS) is 11.7. The maximum atomic E-state index is 10.4. The van der Waals surface area contributed by atoms with Crippen molar-refractivity contribution in [3.8, 4) is 6.07 Å². The summed E-state index contributed by atoms with van der Waals surface area (Å²) in [6, 6.07) is 8.60. The number of rotatable bonds is 2. The third kappa shape index (κ3) is 1.84. The first-order valence-corrected chi connectivity index (χ1v) is 3.76. The molecule has 0 heterocycles. The van der Waals surface area contributed by atoms with E-state index in [1.165, 1.54) is 0 Å². The minimum Gasteiger partial charge on any atom is -0.302 e. The zero-order chi connectivity index (χ0) is 8.97. The van der Waals surface area contributed by atoms with Gasteiger partial charge in [0.1, 0.15) is 12.2 Å². The number of nitrogens with zero attached hydrogens (tertiary/aromatic N) is 1. The summed E-state index contributed by atoms with van der Waals surface area (Å²) in [6.45, 7) is 0. The Kier molecular flexibility index (Phi) is 2.84. The highest BCUT2D eigenvalue weighted by atomic mass is 35.5. The van der Waals surface area contributed by atoms with Gasteiger partial charge in [0.15, 0.2) is 0 Å². The molecule has 0 amide bonds. The molecule has 1 aromatic carbocycles. The molecule has 0 aliphatic rings. The molecule has 2 nitrogen and oxygen atoms in total. The Labute approximate surface area is 75.4 Å². The van der Waals surface area contributed by atoms with Crippen LogP contribution in [0.5, 0.6) is 0 Å². The van der Waals surface area contributed by atoms with Gasteiger partial charge >= 0.3 is 0 Å². The third-order valence-corrected chi connectivity index (χ3v) is 1.72. The molecule has 1 aromatic rings. The van der Waals surface area contributed by atoms with Gasteiger partial charge in [0.05, 0.1) is 6.07 Å². The smallest absolute Gasteiger partial charge is 0.141 e. The van der Waals surface area contributed by atoms with E-state index in [4.69, 9.17) is 16.9 Å². The fraction of sp³-hybridized carbons (Fsp3) is 0.111. The molecule has 0 fully saturated rings. The molecular formula is C9H6ClNO. The Morgan fingerprint density at radius 2 is 2.33 bits per heavy atom. The average Bonchev–Trinajstić information content (AvgIpc) is 2.07. The predicted molar refractivity (Wildman–Crippen MR) is 45.9 cm³/mol. The van der Waals surface area contributed by atoms with Crippen molar-refractivity contribution in [2.75, 3.05) is 0 Å². The number of aldehydes is 1. The molecule has 3 heteroatoms. The molecular weight excluding hydrogens is 174 g/mol. The number of hydrogen-bond donors (Lipinski definition) is 0. The molecule has 0 saturated heterocycles. The molecule has 0 aromatic heterocycles. The molecule has 60 valence electrons. The zero-order valence-corrected chi connectivity index (χ0v) is 6.95. The van der Waals surface area contributed by atoms with Gasteiger partial charge in [0.25, 0.3) is 0 Å². The molecule has 0 aliphatic heterocycles. The largest absolute Gasteiger partial charge is 0.302 e. The highest BCUT2D eigenvalue weighted by Gasteiger charge is 2.07. The van der Waals surface area contributed by atoms with Gasteiger partial charge in [-0.05, 0) is 17.7 Å². The lowest BCUT2D eigenvalue weighted by Gasteiger charge is -2.00. The molecule has 12 heavy (non-hydrogen) atoms. The molecule has 0 saturated carbocycles. The van der Waals surface area contributed by atoms with E-state index in [-0.39, 0.29) is 0 Å². The van der Waals surface area contributed by atoms with Crippen LogP contribution in [0.2, 0.25) is 5.02 Å². The van der Waals surface area contributed by atoms with E-state index in [0.29, 0.717) is 16.9 Å². The minimum absolute atomic E-state index is 0.537. The van der Waals surface area contributed by atoms with Crippen molar-refractivity contribution in [1.82, 2.24) is 0 Å². The van der Waals surface area contributed by atoms with E-state index >= 15 is 0 Å². The second kappa shape index (κ2) is 3.89. The lowest BCUT2D eigenvalue weighted by atomic mass is 10.0. The van der Waals surface area contributed by atoms with Gasteiger partial charge in [-0.1, -0.05) is 23.7 Å². The quantitative estimate of drug-likeness (QED) is 0.653. The van der Waals surface area contributed by atoms with E-state index in [9.17, 15) is 4.79 Å². The first kappa shape index (κ1) is 8.76. The van der Waals surface area contributed by atoms with Gasteiger partial charge in [-0.3, -0.25) is 0 Å². The van der Waals surface area contributed by atoms with Crippen LogP contribution >= 0.6 is 11.6 Å². The van der Waals surface area contributed by atoms with Crippen LogP contribution in [0.4, 0.5) is 0 Å². The van der Waals surface area contributed by atoms with Crippen LogP contribution in [-0.4, -0.2) is 6.29 Å². The third-order valence-electron chi connectivity index (χ3n) is 1.48. The summed E-state index contributed by atoms with van der Waals surface area (Å²) >= 11 is 5.68. The maximum absolute atomic E-state index is 10.4. The van der Waals surface area contributed by atoms with Crippen molar-refractivity contribution in [2.24, 2.45) is 0 Å². The van der Waals surface area contributed by atoms with Gasteiger partial charge in [0, 0.05) is 5.02 Å². The Hall–Kier alpha value is -1.33. The summed E-state index contributed by atoms with van der Waals surface area (Å²) in [6.07, 6.45) is 0.603. The Morgan fingerprint density at radius 3 is 2.83 bits per heavy atom. The van der Waals surface area contributed by atoms with Crippen LogP contribution in [0, 0.1) is 11.3 Å². The fourth-order valence-corrected chi connectivity index (χ4v) is 1.08.